The molecule has 6 aromatic rings. The van der Waals surface area contributed by atoms with Gasteiger partial charge in [-0.25, -0.2) is 4.98 Å². The summed E-state index contributed by atoms with van der Waals surface area (Å²) in [5.41, 5.74) is 4.55. The predicted octanol–water partition coefficient (Wildman–Crippen LogP) is 5.83. The number of carbonyl (C=O) groups is 1. The molecule has 7 nitrogen and oxygen atoms in total. The molecule has 0 aliphatic rings. The molecule has 0 spiro atoms. The maximum absolute atomic E-state index is 13.0. The quantitative estimate of drug-likeness (QED) is 0.292. The van der Waals surface area contributed by atoms with Gasteiger partial charge in [0.15, 0.2) is 5.82 Å². The summed E-state index contributed by atoms with van der Waals surface area (Å²) in [6.45, 7) is 0.395. The number of hydrogen-bond acceptors (Lipinski definition) is 4. The van der Waals surface area contributed by atoms with Gasteiger partial charge in [-0.05, 0) is 48.0 Å². The Morgan fingerprint density at radius 3 is 2.46 bits per heavy atom. The van der Waals surface area contributed by atoms with Gasteiger partial charge < -0.3 is 15.0 Å². The highest BCUT2D eigenvalue weighted by molar-refractivity contribution is 6.05. The number of rotatable bonds is 6. The molecule has 7 heteroatoms. The minimum Gasteiger partial charge on any atom is -0.457 e. The molecule has 0 atom stereocenters. The number of nitrogens with one attached hydrogen (secondary N) is 3. The smallest absolute Gasteiger partial charge is 0.253 e. The van der Waals surface area contributed by atoms with Gasteiger partial charge in [-0.2, -0.15) is 5.10 Å². The van der Waals surface area contributed by atoms with Gasteiger partial charge in [0.25, 0.3) is 5.91 Å². The van der Waals surface area contributed by atoms with Crippen LogP contribution < -0.4 is 10.1 Å². The van der Waals surface area contributed by atoms with Gasteiger partial charge in [-0.15, -0.1) is 0 Å². The highest BCUT2D eigenvalue weighted by Crippen LogP contribution is 2.27. The molecule has 0 unspecified atom stereocenters. The van der Waals surface area contributed by atoms with Crippen LogP contribution in [0.25, 0.3) is 33.5 Å². The summed E-state index contributed by atoms with van der Waals surface area (Å²) in [6, 6.07) is 30.7. The maximum atomic E-state index is 13.0. The topological polar surface area (TPSA) is 95.7 Å². The van der Waals surface area contributed by atoms with Crippen molar-refractivity contribution in [1.82, 2.24) is 25.5 Å². The Labute approximate surface area is 200 Å². The van der Waals surface area contributed by atoms with E-state index in [4.69, 9.17) is 4.74 Å². The number of carbonyl (C=O) groups excluding carboxylic acids is 1. The number of ether oxygens (including phenoxy) is 1. The van der Waals surface area contributed by atoms with E-state index >= 15 is 0 Å². The average molecular weight is 460 g/mol. The lowest BCUT2D eigenvalue weighted by atomic mass is 10.1. The highest BCUT2D eigenvalue weighted by Gasteiger charge is 2.16. The fourth-order valence-electron chi connectivity index (χ4n) is 4.05. The molecule has 0 saturated heterocycles. The molecular weight excluding hydrogens is 438 g/mol. The van der Waals surface area contributed by atoms with E-state index in [0.717, 1.165) is 33.7 Å². The highest BCUT2D eigenvalue weighted by atomic mass is 16.5. The fraction of sp³-hybridized carbons (Fsp3) is 0.0357. The average Bonchev–Trinajstić information content (AvgIpc) is 3.53. The summed E-state index contributed by atoms with van der Waals surface area (Å²) in [7, 11) is 0. The zero-order chi connectivity index (χ0) is 23.6. The number of hydrogen-bond donors (Lipinski definition) is 3. The van der Waals surface area contributed by atoms with E-state index in [-0.39, 0.29) is 5.91 Å². The first-order valence-corrected chi connectivity index (χ1v) is 11.3. The van der Waals surface area contributed by atoms with Crippen LogP contribution in [0.15, 0.2) is 97.1 Å². The Hall–Kier alpha value is -4.91. The van der Waals surface area contributed by atoms with Crippen molar-refractivity contribution in [3.63, 3.8) is 0 Å². The number of fused-ring (bicyclic) bond motifs is 2. The lowest BCUT2D eigenvalue weighted by molar-refractivity contribution is 0.0952. The van der Waals surface area contributed by atoms with E-state index in [1.54, 1.807) is 6.07 Å². The molecule has 170 valence electrons. The lowest BCUT2D eigenvalue weighted by Gasteiger charge is -2.08. The molecule has 0 radical (unpaired) electrons. The van der Waals surface area contributed by atoms with Crippen LogP contribution in [0.4, 0.5) is 0 Å². The molecule has 2 heterocycles. The second kappa shape index (κ2) is 8.79. The molecule has 0 bridgehead atoms. The maximum Gasteiger partial charge on any atom is 0.253 e. The van der Waals surface area contributed by atoms with Crippen molar-refractivity contribution < 1.29 is 9.53 Å². The SMILES string of the molecule is O=C(NCc1ccc(Oc2ccccc2)cc1)c1cccc2nc(-c3n[nH]c4ccccc34)[nH]c12. The normalized spacial score (nSPS) is 11.1. The number of aromatic nitrogens is 4. The largest absolute Gasteiger partial charge is 0.457 e. The van der Waals surface area contributed by atoms with Crippen molar-refractivity contribution in [3.8, 4) is 23.0 Å². The van der Waals surface area contributed by atoms with Crippen LogP contribution in [0.1, 0.15) is 15.9 Å². The summed E-state index contributed by atoms with van der Waals surface area (Å²) in [5, 5.41) is 11.4. The van der Waals surface area contributed by atoms with Crippen LogP contribution in [0.5, 0.6) is 11.5 Å². The lowest BCUT2D eigenvalue weighted by Crippen LogP contribution is -2.23. The van der Waals surface area contributed by atoms with Crippen LogP contribution in [0.3, 0.4) is 0 Å². The zero-order valence-electron chi connectivity index (χ0n) is 18.7. The summed E-state index contributed by atoms with van der Waals surface area (Å²) < 4.78 is 5.83. The monoisotopic (exact) mass is 459 g/mol. The van der Waals surface area contributed by atoms with Crippen LogP contribution >= 0.6 is 0 Å². The van der Waals surface area contributed by atoms with E-state index in [2.05, 4.69) is 25.5 Å². The number of benzene rings is 4. The second-order valence-corrected chi connectivity index (χ2v) is 8.14. The first kappa shape index (κ1) is 20.7. The minimum absolute atomic E-state index is 0.178. The summed E-state index contributed by atoms with van der Waals surface area (Å²) >= 11 is 0. The molecule has 0 fully saturated rings. The summed E-state index contributed by atoms with van der Waals surface area (Å²) in [5.74, 6) is 1.96. The first-order valence-electron chi connectivity index (χ1n) is 11.3. The van der Waals surface area contributed by atoms with Gasteiger partial charge in [0.1, 0.15) is 17.2 Å². The van der Waals surface area contributed by atoms with Crippen molar-refractivity contribution in [3.05, 3.63) is 108 Å². The van der Waals surface area contributed by atoms with Crippen molar-refractivity contribution >= 4 is 27.8 Å². The van der Waals surface area contributed by atoms with E-state index in [9.17, 15) is 4.79 Å². The van der Waals surface area contributed by atoms with E-state index in [1.807, 2.05) is 91.0 Å². The molecule has 6 rings (SSSR count). The molecule has 1 amide bonds. The number of imidazole rings is 1. The molecule has 0 aliphatic heterocycles. The Morgan fingerprint density at radius 2 is 1.60 bits per heavy atom. The fourth-order valence-corrected chi connectivity index (χ4v) is 4.05. The number of H-pyrrole nitrogens is 2. The number of aromatic amines is 2. The second-order valence-electron chi connectivity index (χ2n) is 8.14. The third-order valence-corrected chi connectivity index (χ3v) is 5.81. The predicted molar refractivity (Wildman–Crippen MR) is 135 cm³/mol. The van der Waals surface area contributed by atoms with Gasteiger partial charge in [-0.1, -0.05) is 54.6 Å². The third kappa shape index (κ3) is 4.11. The third-order valence-electron chi connectivity index (χ3n) is 5.81. The first-order chi connectivity index (χ1) is 17.2. The number of amides is 1. The van der Waals surface area contributed by atoms with Crippen LogP contribution in [-0.4, -0.2) is 26.1 Å². The van der Waals surface area contributed by atoms with Crippen molar-refractivity contribution in [1.29, 1.82) is 0 Å². The Morgan fingerprint density at radius 1 is 0.829 bits per heavy atom. The van der Waals surface area contributed by atoms with Gasteiger partial charge in [0, 0.05) is 11.9 Å². The molecule has 0 saturated carbocycles. The van der Waals surface area contributed by atoms with E-state index in [0.29, 0.717) is 29.0 Å². The Bertz CT molecular complexity index is 1640. The minimum atomic E-state index is -0.178. The van der Waals surface area contributed by atoms with Gasteiger partial charge in [0.05, 0.1) is 22.1 Å². The van der Waals surface area contributed by atoms with Crippen LogP contribution in [-0.2, 0) is 6.54 Å². The van der Waals surface area contributed by atoms with Gasteiger partial charge in [-0.3, -0.25) is 9.89 Å². The van der Waals surface area contributed by atoms with Gasteiger partial charge >= 0.3 is 0 Å². The van der Waals surface area contributed by atoms with Crippen molar-refractivity contribution in [2.75, 3.05) is 0 Å². The molecule has 4 aromatic carbocycles. The molecule has 35 heavy (non-hydrogen) atoms. The van der Waals surface area contributed by atoms with Crippen LogP contribution in [0.2, 0.25) is 0 Å². The summed E-state index contributed by atoms with van der Waals surface area (Å²) in [4.78, 5) is 21.0. The van der Waals surface area contributed by atoms with Crippen molar-refractivity contribution in [2.45, 2.75) is 6.54 Å². The number of nitrogens with zero attached hydrogens (tertiary/aromatic N) is 2. The van der Waals surface area contributed by atoms with Gasteiger partial charge in [0.2, 0.25) is 0 Å². The number of para-hydroxylation sites is 3. The molecule has 3 N–H and O–H groups in total. The Kier molecular flexibility index (Phi) is 5.20. The summed E-state index contributed by atoms with van der Waals surface area (Å²) in [6.07, 6.45) is 0. The molecule has 0 aliphatic carbocycles. The standard InChI is InChI=1S/C28H21N5O2/c34-28(29-17-18-13-15-20(16-14-18)35-19-7-2-1-3-8-19)22-10-6-12-24-25(22)31-27(30-24)26-21-9-4-5-11-23(21)32-33-26/h1-16H,17H2,(H,29,34)(H,30,31)(H,32,33). The molecular formula is C28H21N5O2. The Balaban J connectivity index is 1.19. The van der Waals surface area contributed by atoms with E-state index in [1.165, 1.54) is 0 Å². The van der Waals surface area contributed by atoms with E-state index < -0.39 is 0 Å². The van der Waals surface area contributed by atoms with Crippen LogP contribution in [0, 0.1) is 0 Å². The molecule has 2 aromatic heterocycles. The van der Waals surface area contributed by atoms with Crippen molar-refractivity contribution in [2.24, 2.45) is 0 Å². The zero-order valence-corrected chi connectivity index (χ0v) is 18.7.